The van der Waals surface area contributed by atoms with Gasteiger partial charge in [0.1, 0.15) is 0 Å². The lowest BCUT2D eigenvalue weighted by molar-refractivity contribution is 1.18. The van der Waals surface area contributed by atoms with Gasteiger partial charge in [-0.05, 0) is 82.9 Å². The second-order valence-corrected chi connectivity index (χ2v) is 14.0. The van der Waals surface area contributed by atoms with E-state index in [0.29, 0.717) is 0 Å². The van der Waals surface area contributed by atoms with Gasteiger partial charge in [0.2, 0.25) is 0 Å². The predicted molar refractivity (Wildman–Crippen MR) is 219 cm³/mol. The van der Waals surface area contributed by atoms with Crippen molar-refractivity contribution in [3.05, 3.63) is 194 Å². The summed E-state index contributed by atoms with van der Waals surface area (Å²) in [6, 6.07) is 70.4. The van der Waals surface area contributed by atoms with Crippen molar-refractivity contribution in [3.8, 4) is 27.9 Å². The van der Waals surface area contributed by atoms with E-state index >= 15 is 0 Å². The molecule has 0 saturated heterocycles. The van der Waals surface area contributed by atoms with Gasteiger partial charge in [0.15, 0.2) is 0 Å². The molecule has 2 heterocycles. The molecule has 8 aromatic carbocycles. The number of aromatic nitrogens is 1. The summed E-state index contributed by atoms with van der Waals surface area (Å²) in [7, 11) is 0. The molecule has 0 aliphatic rings. The number of hydrogen-bond donors (Lipinski definition) is 0. The fourth-order valence-corrected chi connectivity index (χ4v) is 8.86. The van der Waals surface area contributed by atoms with Crippen molar-refractivity contribution in [2.24, 2.45) is 0 Å². The van der Waals surface area contributed by atoms with Crippen LogP contribution in [0.25, 0.3) is 69.9 Å². The lowest BCUT2D eigenvalue weighted by Gasteiger charge is -2.26. The van der Waals surface area contributed by atoms with Crippen molar-refractivity contribution in [2.45, 2.75) is 0 Å². The molecule has 0 bridgehead atoms. The fraction of sp³-hybridized carbons (Fsp3) is 0. The van der Waals surface area contributed by atoms with E-state index in [1.54, 1.807) is 0 Å². The Labute approximate surface area is 300 Å². The van der Waals surface area contributed by atoms with E-state index < -0.39 is 0 Å². The number of nitrogens with zero attached hydrogens (tertiary/aromatic N) is 2. The Balaban J connectivity index is 1.18. The fourth-order valence-electron chi connectivity index (χ4n) is 7.62. The van der Waals surface area contributed by atoms with Crippen LogP contribution in [-0.2, 0) is 0 Å². The number of para-hydroxylation sites is 2. The smallest absolute Gasteiger partial charge is 0.0561 e. The van der Waals surface area contributed by atoms with Gasteiger partial charge in [0, 0.05) is 53.7 Å². The summed E-state index contributed by atoms with van der Waals surface area (Å²) in [5, 5.41) is 5.12. The Kier molecular flexibility index (Phi) is 7.04. The van der Waals surface area contributed by atoms with Crippen LogP contribution < -0.4 is 4.90 Å². The third-order valence-electron chi connectivity index (χ3n) is 9.98. The first-order valence-electron chi connectivity index (χ1n) is 17.4. The molecule has 0 N–H and O–H groups in total. The number of benzene rings is 8. The first kappa shape index (κ1) is 29.5. The monoisotopic (exact) mass is 668 g/mol. The third-order valence-corrected chi connectivity index (χ3v) is 11.2. The Morgan fingerprint density at radius 2 is 0.980 bits per heavy atom. The molecule has 0 aliphatic carbocycles. The van der Waals surface area contributed by atoms with E-state index in [2.05, 4.69) is 204 Å². The number of rotatable bonds is 6. The molecule has 51 heavy (non-hydrogen) atoms. The van der Waals surface area contributed by atoms with Gasteiger partial charge >= 0.3 is 0 Å². The molecule has 0 aliphatic heterocycles. The highest BCUT2D eigenvalue weighted by atomic mass is 32.1. The van der Waals surface area contributed by atoms with E-state index in [4.69, 9.17) is 0 Å². The minimum absolute atomic E-state index is 1.10. The van der Waals surface area contributed by atoms with Crippen LogP contribution >= 0.6 is 11.3 Å². The van der Waals surface area contributed by atoms with Crippen LogP contribution in [0.5, 0.6) is 0 Å². The summed E-state index contributed by atoms with van der Waals surface area (Å²) in [4.78, 5) is 2.40. The maximum atomic E-state index is 2.40. The summed E-state index contributed by atoms with van der Waals surface area (Å²) in [5.41, 5.74) is 11.7. The maximum Gasteiger partial charge on any atom is 0.0561 e. The van der Waals surface area contributed by atoms with Gasteiger partial charge in [-0.2, -0.15) is 0 Å². The third kappa shape index (κ3) is 5.01. The molecule has 10 aromatic rings. The Hall–Kier alpha value is -6.42. The molecule has 0 radical (unpaired) electrons. The zero-order valence-electron chi connectivity index (χ0n) is 27.8. The molecular weight excluding hydrogens is 637 g/mol. The zero-order chi connectivity index (χ0) is 33.7. The summed E-state index contributed by atoms with van der Waals surface area (Å²) in [5.74, 6) is 0. The largest absolute Gasteiger partial charge is 0.310 e. The lowest BCUT2D eigenvalue weighted by atomic mass is 10.0. The van der Waals surface area contributed by atoms with Crippen molar-refractivity contribution >= 4 is 70.4 Å². The molecule has 0 atom stereocenters. The van der Waals surface area contributed by atoms with Crippen molar-refractivity contribution in [2.75, 3.05) is 4.90 Å². The van der Waals surface area contributed by atoms with Gasteiger partial charge in [-0.25, -0.2) is 0 Å². The van der Waals surface area contributed by atoms with Gasteiger partial charge in [-0.3, -0.25) is 0 Å². The standard InChI is InChI=1S/C48H32N2S/c1-3-13-33(14-4-1)34-25-27-37(28-26-34)49(38-18-11-15-35(31-38)40-21-12-22-44-43-20-8-10-24-47(43)51-48(40)44)39-29-30-42-41-19-7-9-23-45(41)50(46(42)32-39)36-16-5-2-6-17-36/h1-32H. The highest BCUT2D eigenvalue weighted by Crippen LogP contribution is 2.43. The van der Waals surface area contributed by atoms with Crippen molar-refractivity contribution in [3.63, 3.8) is 0 Å². The average molecular weight is 669 g/mol. The Morgan fingerprint density at radius 1 is 0.373 bits per heavy atom. The van der Waals surface area contributed by atoms with Crippen LogP contribution in [0, 0.1) is 0 Å². The molecule has 10 rings (SSSR count). The molecule has 0 amide bonds. The van der Waals surface area contributed by atoms with Crippen LogP contribution in [0.1, 0.15) is 0 Å². The average Bonchev–Trinajstić information content (AvgIpc) is 3.75. The quantitative estimate of drug-likeness (QED) is 0.171. The van der Waals surface area contributed by atoms with Gasteiger partial charge in [-0.1, -0.05) is 133 Å². The summed E-state index contributed by atoms with van der Waals surface area (Å²) in [6.07, 6.45) is 0. The van der Waals surface area contributed by atoms with Crippen molar-refractivity contribution in [1.82, 2.24) is 4.57 Å². The van der Waals surface area contributed by atoms with Gasteiger partial charge in [0.05, 0.1) is 11.0 Å². The molecule has 0 saturated carbocycles. The van der Waals surface area contributed by atoms with Crippen molar-refractivity contribution in [1.29, 1.82) is 0 Å². The first-order chi connectivity index (χ1) is 25.3. The zero-order valence-corrected chi connectivity index (χ0v) is 28.6. The minimum atomic E-state index is 1.10. The molecule has 3 heteroatoms. The topological polar surface area (TPSA) is 8.17 Å². The minimum Gasteiger partial charge on any atom is -0.310 e. The van der Waals surface area contributed by atoms with Gasteiger partial charge < -0.3 is 9.47 Å². The summed E-state index contributed by atoms with van der Waals surface area (Å²) >= 11 is 1.88. The SMILES string of the molecule is c1ccc(-c2ccc(N(c3cccc(-c4cccc5c4sc4ccccc45)c3)c3ccc4c5ccccc5n(-c5ccccc5)c4c3)cc2)cc1. The second kappa shape index (κ2) is 12.2. The second-order valence-electron chi connectivity index (χ2n) is 13.0. The lowest BCUT2D eigenvalue weighted by Crippen LogP contribution is -2.10. The van der Waals surface area contributed by atoms with Crippen LogP contribution in [0.3, 0.4) is 0 Å². The highest BCUT2D eigenvalue weighted by molar-refractivity contribution is 7.26. The molecule has 0 fully saturated rings. The van der Waals surface area contributed by atoms with E-state index in [-0.39, 0.29) is 0 Å². The number of anilines is 3. The number of fused-ring (bicyclic) bond motifs is 6. The van der Waals surface area contributed by atoms with E-state index in [1.165, 1.54) is 64.2 Å². The Morgan fingerprint density at radius 3 is 1.82 bits per heavy atom. The molecular formula is C48H32N2S. The normalized spacial score (nSPS) is 11.5. The van der Waals surface area contributed by atoms with Gasteiger partial charge in [-0.15, -0.1) is 11.3 Å². The van der Waals surface area contributed by atoms with Crippen molar-refractivity contribution < 1.29 is 0 Å². The van der Waals surface area contributed by atoms with E-state index in [9.17, 15) is 0 Å². The predicted octanol–water partition coefficient (Wildman–Crippen LogP) is 14.0. The molecule has 0 unspecified atom stereocenters. The highest BCUT2D eigenvalue weighted by Gasteiger charge is 2.19. The molecule has 2 nitrogen and oxygen atoms in total. The number of hydrogen-bond acceptors (Lipinski definition) is 2. The Bertz CT molecular complexity index is 2850. The van der Waals surface area contributed by atoms with E-state index in [0.717, 1.165) is 22.7 Å². The molecule has 0 spiro atoms. The van der Waals surface area contributed by atoms with E-state index in [1.807, 2.05) is 11.3 Å². The maximum absolute atomic E-state index is 2.40. The van der Waals surface area contributed by atoms with Gasteiger partial charge in [0.25, 0.3) is 0 Å². The first-order valence-corrected chi connectivity index (χ1v) is 18.2. The summed E-state index contributed by atoms with van der Waals surface area (Å²) in [6.45, 7) is 0. The molecule has 2 aromatic heterocycles. The van der Waals surface area contributed by atoms with Crippen LogP contribution in [0.4, 0.5) is 17.1 Å². The van der Waals surface area contributed by atoms with Crippen LogP contribution in [0.2, 0.25) is 0 Å². The summed E-state index contributed by atoms with van der Waals surface area (Å²) < 4.78 is 5.03. The van der Waals surface area contributed by atoms with Crippen LogP contribution in [-0.4, -0.2) is 4.57 Å². The number of thiophene rings is 1. The molecule has 240 valence electrons. The van der Waals surface area contributed by atoms with Crippen LogP contribution in [0.15, 0.2) is 194 Å².